The number of carbonyl (C=O) groups excluding carboxylic acids is 1. The molecule has 0 aliphatic heterocycles. The molecule has 0 aromatic carbocycles. The lowest BCUT2D eigenvalue weighted by Gasteiger charge is -2.48. The second-order valence-electron chi connectivity index (χ2n) is 9.41. The van der Waals surface area contributed by atoms with Crippen molar-refractivity contribution in [1.82, 2.24) is 0 Å². The summed E-state index contributed by atoms with van der Waals surface area (Å²) in [6.45, 7) is 6.71. The van der Waals surface area contributed by atoms with Gasteiger partial charge in [-0.2, -0.15) is 0 Å². The van der Waals surface area contributed by atoms with E-state index in [1.807, 2.05) is 13.8 Å². The fourth-order valence-electron chi connectivity index (χ4n) is 6.53. The van der Waals surface area contributed by atoms with Crippen LogP contribution in [0.5, 0.6) is 0 Å². The first kappa shape index (κ1) is 18.3. The number of aliphatic hydroxyl groups is 5. The smallest absolute Gasteiger partial charge is 0.153 e. The molecule has 2 saturated carbocycles. The van der Waals surface area contributed by atoms with Gasteiger partial charge in [-0.15, -0.1) is 0 Å². The topological polar surface area (TPSA) is 118 Å². The van der Waals surface area contributed by atoms with E-state index in [1.54, 1.807) is 19.9 Å². The minimum absolute atomic E-state index is 0.119. The average molecular weight is 364 g/mol. The van der Waals surface area contributed by atoms with Crippen LogP contribution in [0.3, 0.4) is 0 Å². The summed E-state index contributed by atoms with van der Waals surface area (Å²) < 4.78 is 0. The molecule has 144 valence electrons. The van der Waals surface area contributed by atoms with Gasteiger partial charge in [-0.3, -0.25) is 4.79 Å². The van der Waals surface area contributed by atoms with Crippen LogP contribution in [0.25, 0.3) is 0 Å². The van der Waals surface area contributed by atoms with Gasteiger partial charge in [-0.05, 0) is 30.4 Å². The Labute approximate surface area is 152 Å². The van der Waals surface area contributed by atoms with Crippen LogP contribution in [0.4, 0.5) is 0 Å². The molecular formula is C20H28O6. The van der Waals surface area contributed by atoms with E-state index in [-0.39, 0.29) is 17.3 Å². The van der Waals surface area contributed by atoms with Gasteiger partial charge in [-0.1, -0.05) is 32.9 Å². The molecule has 0 unspecified atom stereocenters. The average Bonchev–Trinajstić information content (AvgIpc) is 2.95. The van der Waals surface area contributed by atoms with Gasteiger partial charge in [0.2, 0.25) is 0 Å². The summed E-state index contributed by atoms with van der Waals surface area (Å²) in [5.74, 6) is -1.88. The fraction of sp³-hybridized carbons (Fsp3) is 0.750. The summed E-state index contributed by atoms with van der Waals surface area (Å²) in [5, 5.41) is 54.3. The number of hydrogen-bond donors (Lipinski definition) is 5. The van der Waals surface area contributed by atoms with E-state index in [0.29, 0.717) is 12.0 Å². The van der Waals surface area contributed by atoms with E-state index in [2.05, 4.69) is 0 Å². The maximum Gasteiger partial charge on any atom is 0.153 e. The molecule has 5 N–H and O–H groups in total. The van der Waals surface area contributed by atoms with Crippen LogP contribution in [0.2, 0.25) is 0 Å². The lowest BCUT2D eigenvalue weighted by Crippen LogP contribution is -2.65. The monoisotopic (exact) mass is 364 g/mol. The summed E-state index contributed by atoms with van der Waals surface area (Å²) in [5.41, 5.74) is -4.67. The Balaban J connectivity index is 2.02. The van der Waals surface area contributed by atoms with Crippen molar-refractivity contribution in [2.24, 2.45) is 28.6 Å². The molecule has 0 aromatic rings. The highest BCUT2D eigenvalue weighted by Crippen LogP contribution is 2.73. The quantitative estimate of drug-likeness (QED) is 0.416. The molecule has 0 radical (unpaired) electrons. The Kier molecular flexibility index (Phi) is 3.42. The number of fused-ring (bicyclic) bond motifs is 3. The lowest BCUT2D eigenvalue weighted by atomic mass is 9.59. The minimum Gasteiger partial charge on any atom is -0.392 e. The highest BCUT2D eigenvalue weighted by Gasteiger charge is 2.80. The normalized spacial score (nSPS) is 54.5. The molecule has 1 spiro atoms. The Hall–Kier alpha value is -1.05. The number of allylic oxidation sites excluding steroid dienone is 1. The number of aliphatic hydroxyl groups excluding tert-OH is 3. The molecule has 26 heavy (non-hydrogen) atoms. The maximum absolute atomic E-state index is 13.8. The number of ketones is 1. The first-order valence-electron chi connectivity index (χ1n) is 9.27. The van der Waals surface area contributed by atoms with Gasteiger partial charge in [0.05, 0.1) is 17.6 Å². The molecule has 2 bridgehead atoms. The summed E-state index contributed by atoms with van der Waals surface area (Å²) in [6, 6.07) is 0. The molecular weight excluding hydrogens is 336 g/mol. The zero-order chi connectivity index (χ0) is 19.4. The van der Waals surface area contributed by atoms with Crippen molar-refractivity contribution in [3.05, 3.63) is 23.3 Å². The lowest BCUT2D eigenvalue weighted by molar-refractivity contribution is -0.191. The highest BCUT2D eigenvalue weighted by atomic mass is 16.4. The Bertz CT molecular complexity index is 753. The van der Waals surface area contributed by atoms with Crippen LogP contribution in [-0.4, -0.2) is 61.3 Å². The third-order valence-electron chi connectivity index (χ3n) is 8.10. The second-order valence-corrected chi connectivity index (χ2v) is 9.41. The van der Waals surface area contributed by atoms with Gasteiger partial charge in [0.25, 0.3) is 0 Å². The van der Waals surface area contributed by atoms with Crippen LogP contribution in [0.1, 0.15) is 34.1 Å². The molecule has 4 rings (SSSR count). The van der Waals surface area contributed by atoms with Crippen molar-refractivity contribution < 1.29 is 30.3 Å². The Morgan fingerprint density at radius 1 is 1.19 bits per heavy atom. The van der Waals surface area contributed by atoms with E-state index in [4.69, 9.17) is 0 Å². The van der Waals surface area contributed by atoms with Crippen molar-refractivity contribution in [2.45, 2.75) is 57.5 Å². The summed E-state index contributed by atoms with van der Waals surface area (Å²) in [7, 11) is 0. The zero-order valence-corrected chi connectivity index (χ0v) is 15.6. The van der Waals surface area contributed by atoms with E-state index in [0.717, 1.165) is 0 Å². The van der Waals surface area contributed by atoms with E-state index in [1.165, 1.54) is 6.08 Å². The van der Waals surface area contributed by atoms with Crippen LogP contribution >= 0.6 is 0 Å². The Morgan fingerprint density at radius 2 is 1.81 bits per heavy atom. The van der Waals surface area contributed by atoms with Crippen molar-refractivity contribution in [3.8, 4) is 0 Å². The summed E-state index contributed by atoms with van der Waals surface area (Å²) >= 11 is 0. The van der Waals surface area contributed by atoms with E-state index >= 15 is 0 Å². The SMILES string of the molecule is CC1=C[C@]23C(=O)[C@@H](C=C(CO)[C@@H](O)[C@]2(O)[C@H]1O)[C@@H]1C(C)(C)[C@]1(O)C[C@H]3C. The van der Waals surface area contributed by atoms with Crippen LogP contribution in [0.15, 0.2) is 23.3 Å². The molecule has 8 atom stereocenters. The standard InChI is InChI=1S/C20H28O6/c1-9-6-18-10(2)7-19(25)13(17(19,3)4)12(16(18)24)5-11(8-21)15(23)20(18,26)14(9)22/h5-6,10,12-15,21-23,25-26H,7-8H2,1-4H3/t10-,12+,13-,14+,15-,18+,19+,20-/m1/s1. The first-order valence-corrected chi connectivity index (χ1v) is 9.27. The van der Waals surface area contributed by atoms with Gasteiger partial charge < -0.3 is 25.5 Å². The zero-order valence-electron chi connectivity index (χ0n) is 15.6. The number of carbonyl (C=O) groups is 1. The molecule has 0 amide bonds. The van der Waals surface area contributed by atoms with Gasteiger partial charge in [0.15, 0.2) is 5.78 Å². The van der Waals surface area contributed by atoms with Gasteiger partial charge >= 0.3 is 0 Å². The molecule has 0 saturated heterocycles. The molecule has 6 heteroatoms. The first-order chi connectivity index (χ1) is 11.9. The van der Waals surface area contributed by atoms with E-state index in [9.17, 15) is 30.3 Å². The molecule has 4 aliphatic rings. The number of Topliss-reactive ketones (excluding diaryl/α,β-unsaturated/α-hetero) is 1. The second kappa shape index (κ2) is 4.86. The van der Waals surface area contributed by atoms with Crippen molar-refractivity contribution in [1.29, 1.82) is 0 Å². The number of hydrogen-bond acceptors (Lipinski definition) is 6. The van der Waals surface area contributed by atoms with Crippen LogP contribution in [-0.2, 0) is 4.79 Å². The fourth-order valence-corrected chi connectivity index (χ4v) is 6.53. The van der Waals surface area contributed by atoms with Gasteiger partial charge in [0.1, 0.15) is 17.8 Å². The summed E-state index contributed by atoms with van der Waals surface area (Å²) in [4.78, 5) is 13.8. The predicted octanol–water partition coefficient (Wildman–Crippen LogP) is -0.0699. The van der Waals surface area contributed by atoms with Crippen molar-refractivity contribution in [2.75, 3.05) is 6.61 Å². The summed E-state index contributed by atoms with van der Waals surface area (Å²) in [6.07, 6.45) is 0.413. The minimum atomic E-state index is -2.16. The molecule has 0 aromatic heterocycles. The van der Waals surface area contributed by atoms with Crippen LogP contribution in [0, 0.1) is 28.6 Å². The molecule has 6 nitrogen and oxygen atoms in total. The number of rotatable bonds is 1. The maximum atomic E-state index is 13.8. The van der Waals surface area contributed by atoms with Gasteiger partial charge in [0, 0.05) is 17.3 Å². The van der Waals surface area contributed by atoms with Gasteiger partial charge in [-0.25, -0.2) is 0 Å². The van der Waals surface area contributed by atoms with Crippen LogP contribution < -0.4 is 0 Å². The molecule has 0 heterocycles. The van der Waals surface area contributed by atoms with Crippen molar-refractivity contribution >= 4 is 5.78 Å². The predicted molar refractivity (Wildman–Crippen MR) is 92.8 cm³/mol. The highest BCUT2D eigenvalue weighted by molar-refractivity contribution is 5.95. The van der Waals surface area contributed by atoms with Crippen molar-refractivity contribution in [3.63, 3.8) is 0 Å². The Morgan fingerprint density at radius 3 is 2.38 bits per heavy atom. The van der Waals surface area contributed by atoms with E-state index < -0.39 is 52.7 Å². The molecule has 2 fully saturated rings. The third kappa shape index (κ3) is 1.61. The third-order valence-corrected chi connectivity index (χ3v) is 8.10. The largest absolute Gasteiger partial charge is 0.392 e. The molecule has 4 aliphatic carbocycles.